The standard InChI is InChI=1S/C56H57N4O/c1-37-38(2)52(41-19-12-10-13-20-41)54(53(39(37)3)42-21-14-11-15-22-42)60-36-59(48-24-16-17-25-49(48)60)45-31-44(56(7,8)9)32-47(34-45)61-46-27-26-40-23-18-30-58(50(40)35-46)51-33-43(28-29-57-51)55(4,5)6/h10-17,19-22,24-29,31-36H,18,23,30H2,1-9H3/q+1. The highest BCUT2D eigenvalue weighted by Gasteiger charge is 2.30. The highest BCUT2D eigenvalue weighted by atomic mass is 16.5. The van der Waals surface area contributed by atoms with Gasteiger partial charge in [0.2, 0.25) is 0 Å². The summed E-state index contributed by atoms with van der Waals surface area (Å²) in [4.78, 5) is 7.23. The van der Waals surface area contributed by atoms with Crippen molar-refractivity contribution in [2.24, 2.45) is 0 Å². The molecule has 0 amide bonds. The number of imidazole rings is 1. The number of rotatable bonds is 7. The van der Waals surface area contributed by atoms with Crippen LogP contribution < -0.4 is 14.2 Å². The van der Waals surface area contributed by atoms with E-state index in [-0.39, 0.29) is 10.8 Å². The van der Waals surface area contributed by atoms with Gasteiger partial charge in [-0.15, -0.1) is 0 Å². The lowest BCUT2D eigenvalue weighted by molar-refractivity contribution is -0.566. The van der Waals surface area contributed by atoms with Crippen molar-refractivity contribution < 1.29 is 9.30 Å². The van der Waals surface area contributed by atoms with Crippen LogP contribution in [0.25, 0.3) is 44.7 Å². The third-order valence-electron chi connectivity index (χ3n) is 12.7. The Morgan fingerprint density at radius 2 is 1.25 bits per heavy atom. The van der Waals surface area contributed by atoms with E-state index in [9.17, 15) is 0 Å². The Morgan fingerprint density at radius 3 is 1.90 bits per heavy atom. The number of hydrogen-bond acceptors (Lipinski definition) is 3. The number of ether oxygens (including phenoxy) is 1. The zero-order valence-corrected chi connectivity index (χ0v) is 37.2. The third-order valence-corrected chi connectivity index (χ3v) is 12.7. The predicted octanol–water partition coefficient (Wildman–Crippen LogP) is 14.0. The number of anilines is 2. The minimum atomic E-state index is -0.129. The molecule has 0 saturated heterocycles. The molecule has 0 aliphatic carbocycles. The molecule has 61 heavy (non-hydrogen) atoms. The van der Waals surface area contributed by atoms with Gasteiger partial charge in [-0.1, -0.05) is 120 Å². The quantitative estimate of drug-likeness (QED) is 0.151. The minimum Gasteiger partial charge on any atom is -0.457 e. The van der Waals surface area contributed by atoms with Crippen LogP contribution in [-0.2, 0) is 17.3 Å². The van der Waals surface area contributed by atoms with E-state index in [0.717, 1.165) is 53.4 Å². The molecule has 0 fully saturated rings. The maximum Gasteiger partial charge on any atom is 0.255 e. The lowest BCUT2D eigenvalue weighted by Gasteiger charge is -2.32. The second-order valence-electron chi connectivity index (χ2n) is 18.8. The summed E-state index contributed by atoms with van der Waals surface area (Å²) < 4.78 is 11.7. The summed E-state index contributed by atoms with van der Waals surface area (Å²) in [5.41, 5.74) is 18.1. The number of fused-ring (bicyclic) bond motifs is 2. The van der Waals surface area contributed by atoms with Gasteiger partial charge < -0.3 is 9.64 Å². The topological polar surface area (TPSA) is 34.2 Å². The molecule has 3 heterocycles. The van der Waals surface area contributed by atoms with E-state index in [4.69, 9.17) is 9.72 Å². The van der Waals surface area contributed by atoms with Crippen LogP contribution >= 0.6 is 0 Å². The number of aromatic nitrogens is 3. The van der Waals surface area contributed by atoms with E-state index >= 15 is 0 Å². The molecule has 5 heteroatoms. The maximum absolute atomic E-state index is 6.94. The monoisotopic (exact) mass is 801 g/mol. The molecule has 0 unspecified atom stereocenters. The van der Waals surface area contributed by atoms with Gasteiger partial charge in [0, 0.05) is 41.7 Å². The average Bonchev–Trinajstić information content (AvgIpc) is 3.64. The summed E-state index contributed by atoms with van der Waals surface area (Å²) in [5.74, 6) is 2.60. The van der Waals surface area contributed by atoms with Crippen molar-refractivity contribution in [2.45, 2.75) is 86.0 Å². The highest BCUT2D eigenvalue weighted by Crippen LogP contribution is 2.42. The Labute approximate surface area is 362 Å². The zero-order valence-electron chi connectivity index (χ0n) is 37.2. The molecule has 0 N–H and O–H groups in total. The molecule has 1 aliphatic rings. The first kappa shape index (κ1) is 40.0. The SMILES string of the molecule is Cc1c(C)c(-c2ccccc2)c(-[n+]2cn(-c3cc(Oc4ccc5c(c4)N(c4cc(C(C)(C)C)ccn4)CCC5)cc(C(C)(C)C)c3)c3ccccc32)c(-c2ccccc2)c1C. The number of para-hydroxylation sites is 2. The molecule has 0 bridgehead atoms. The van der Waals surface area contributed by atoms with Crippen molar-refractivity contribution >= 4 is 22.5 Å². The summed E-state index contributed by atoms with van der Waals surface area (Å²) in [6.45, 7) is 21.3. The van der Waals surface area contributed by atoms with Crippen LogP contribution in [0.3, 0.4) is 0 Å². The fourth-order valence-corrected chi connectivity index (χ4v) is 9.03. The molecule has 0 saturated carbocycles. The van der Waals surface area contributed by atoms with Gasteiger partial charge in [0.05, 0.1) is 0 Å². The lowest BCUT2D eigenvalue weighted by atomic mass is 9.85. The van der Waals surface area contributed by atoms with Crippen molar-refractivity contribution in [1.29, 1.82) is 0 Å². The third kappa shape index (κ3) is 7.52. The first-order valence-corrected chi connectivity index (χ1v) is 21.7. The molecule has 0 atom stereocenters. The first-order valence-electron chi connectivity index (χ1n) is 21.7. The summed E-state index contributed by atoms with van der Waals surface area (Å²) in [5, 5.41) is 0. The molecule has 0 radical (unpaired) electrons. The van der Waals surface area contributed by atoms with Crippen molar-refractivity contribution in [3.8, 4) is 45.1 Å². The summed E-state index contributed by atoms with van der Waals surface area (Å²) in [6, 6.07) is 48.2. The van der Waals surface area contributed by atoms with Crippen LogP contribution in [0, 0.1) is 20.8 Å². The largest absolute Gasteiger partial charge is 0.457 e. The van der Waals surface area contributed by atoms with Gasteiger partial charge >= 0.3 is 0 Å². The summed E-state index contributed by atoms with van der Waals surface area (Å²) >= 11 is 0. The van der Waals surface area contributed by atoms with E-state index in [0.29, 0.717) is 0 Å². The van der Waals surface area contributed by atoms with Crippen LogP contribution in [0.1, 0.15) is 81.3 Å². The highest BCUT2D eigenvalue weighted by molar-refractivity contribution is 5.89. The molecule has 5 nitrogen and oxygen atoms in total. The van der Waals surface area contributed by atoms with E-state index in [2.05, 4.69) is 216 Å². The number of hydrogen-bond donors (Lipinski definition) is 0. The molecular weight excluding hydrogens is 745 g/mol. The van der Waals surface area contributed by atoms with Gasteiger partial charge in [0.1, 0.15) is 28.7 Å². The fraction of sp³-hybridized carbons (Fsp3) is 0.250. The van der Waals surface area contributed by atoms with Gasteiger partial charge in [-0.25, -0.2) is 4.98 Å². The van der Waals surface area contributed by atoms with E-state index < -0.39 is 0 Å². The van der Waals surface area contributed by atoms with Gasteiger partial charge in [-0.3, -0.25) is 0 Å². The Bertz CT molecular complexity index is 2840. The van der Waals surface area contributed by atoms with Gasteiger partial charge in [-0.05, 0) is 131 Å². The van der Waals surface area contributed by atoms with Crippen LogP contribution in [0.2, 0.25) is 0 Å². The average molecular weight is 802 g/mol. The van der Waals surface area contributed by atoms with Crippen molar-refractivity contribution in [3.05, 3.63) is 179 Å². The maximum atomic E-state index is 6.94. The van der Waals surface area contributed by atoms with Crippen molar-refractivity contribution in [2.75, 3.05) is 11.4 Å². The Balaban J connectivity index is 1.21. The predicted molar refractivity (Wildman–Crippen MR) is 253 cm³/mol. The molecule has 6 aromatic carbocycles. The molecule has 2 aromatic heterocycles. The Kier molecular flexibility index (Phi) is 10.2. The van der Waals surface area contributed by atoms with Gasteiger partial charge in [0.25, 0.3) is 6.33 Å². The van der Waals surface area contributed by atoms with Crippen molar-refractivity contribution in [1.82, 2.24) is 9.55 Å². The van der Waals surface area contributed by atoms with E-state index in [1.807, 2.05) is 6.20 Å². The second kappa shape index (κ2) is 15.5. The fourth-order valence-electron chi connectivity index (χ4n) is 9.03. The molecular formula is C56H57N4O+. The number of aryl methyl sites for hydroxylation is 1. The number of pyridine rings is 1. The molecule has 306 valence electrons. The molecule has 8 aromatic rings. The smallest absolute Gasteiger partial charge is 0.255 e. The van der Waals surface area contributed by atoms with Gasteiger partial charge in [-0.2, -0.15) is 9.13 Å². The summed E-state index contributed by atoms with van der Waals surface area (Å²) in [6.07, 6.45) is 6.35. The Hall–Kier alpha value is -6.46. The molecule has 1 aliphatic heterocycles. The summed E-state index contributed by atoms with van der Waals surface area (Å²) in [7, 11) is 0. The van der Waals surface area contributed by atoms with E-state index in [1.54, 1.807) is 0 Å². The van der Waals surface area contributed by atoms with Crippen LogP contribution in [0.5, 0.6) is 11.5 Å². The zero-order chi connectivity index (χ0) is 42.6. The van der Waals surface area contributed by atoms with Crippen LogP contribution in [0.4, 0.5) is 11.5 Å². The van der Waals surface area contributed by atoms with Gasteiger partial charge in [0.15, 0.2) is 11.0 Å². The number of benzene rings is 6. The Morgan fingerprint density at radius 1 is 0.607 bits per heavy atom. The molecule has 9 rings (SSSR count). The molecule has 0 spiro atoms. The normalized spacial score (nSPS) is 13.1. The second-order valence-corrected chi connectivity index (χ2v) is 18.8. The number of nitrogens with zero attached hydrogens (tertiary/aromatic N) is 4. The van der Waals surface area contributed by atoms with E-state index in [1.165, 1.54) is 67.0 Å². The van der Waals surface area contributed by atoms with Crippen molar-refractivity contribution in [3.63, 3.8) is 0 Å². The lowest BCUT2D eigenvalue weighted by Crippen LogP contribution is -2.32. The van der Waals surface area contributed by atoms with Crippen LogP contribution in [-0.4, -0.2) is 16.1 Å². The first-order chi connectivity index (χ1) is 29.3. The van der Waals surface area contributed by atoms with Crippen LogP contribution in [0.15, 0.2) is 146 Å². The minimum absolute atomic E-state index is 0.0355.